The summed E-state index contributed by atoms with van der Waals surface area (Å²) < 4.78 is 0. The molecule has 1 aromatic heterocycles. The molecule has 2 N–H and O–H groups in total. The van der Waals surface area contributed by atoms with Gasteiger partial charge in [-0.25, -0.2) is 0 Å². The number of carbonyl (C=O) groups is 1. The summed E-state index contributed by atoms with van der Waals surface area (Å²) in [5.74, 6) is 0.278. The Bertz CT molecular complexity index is 498. The summed E-state index contributed by atoms with van der Waals surface area (Å²) in [6.07, 6.45) is 10.6. The molecule has 0 radical (unpaired) electrons. The van der Waals surface area contributed by atoms with Crippen LogP contribution < -0.4 is 5.73 Å². The monoisotopic (exact) mass is 337 g/mol. The fourth-order valence-corrected chi connectivity index (χ4v) is 3.65. The first-order valence-electron chi connectivity index (χ1n) is 8.62. The number of carbonyl (C=O) groups excluding carboxylic acids is 1. The molecular formula is C18H28ClN3O. The van der Waals surface area contributed by atoms with Gasteiger partial charge in [0.15, 0.2) is 0 Å². The zero-order valence-corrected chi connectivity index (χ0v) is 14.6. The first-order valence-corrected chi connectivity index (χ1v) is 8.62. The molecule has 0 atom stereocenters. The molecule has 0 saturated heterocycles. The van der Waals surface area contributed by atoms with Gasteiger partial charge in [0.25, 0.3) is 0 Å². The normalized spacial score (nSPS) is 19.7. The van der Waals surface area contributed by atoms with Crippen LogP contribution in [0.4, 0.5) is 0 Å². The topological polar surface area (TPSA) is 59.2 Å². The van der Waals surface area contributed by atoms with Crippen molar-refractivity contribution in [2.45, 2.75) is 64.0 Å². The number of halogens is 1. The lowest BCUT2D eigenvalue weighted by Gasteiger charge is -2.37. The second kappa shape index (κ2) is 8.11. The molecule has 128 valence electrons. The zero-order chi connectivity index (χ0) is 15.4. The molecule has 2 aliphatic carbocycles. The van der Waals surface area contributed by atoms with Gasteiger partial charge < -0.3 is 10.6 Å². The lowest BCUT2D eigenvalue weighted by Crippen LogP contribution is -2.41. The zero-order valence-electron chi connectivity index (χ0n) is 13.7. The van der Waals surface area contributed by atoms with Gasteiger partial charge in [-0.2, -0.15) is 0 Å². The molecule has 0 unspecified atom stereocenters. The van der Waals surface area contributed by atoms with Crippen LogP contribution in [-0.2, 0) is 11.3 Å². The maximum Gasteiger partial charge on any atom is 0.223 e. The molecule has 0 aliphatic heterocycles. The predicted molar refractivity (Wildman–Crippen MR) is 94.2 cm³/mol. The minimum absolute atomic E-state index is 0. The van der Waals surface area contributed by atoms with Crippen molar-refractivity contribution < 1.29 is 4.79 Å². The van der Waals surface area contributed by atoms with E-state index in [0.29, 0.717) is 25.6 Å². The molecule has 0 aromatic carbocycles. The van der Waals surface area contributed by atoms with Crippen LogP contribution in [0.5, 0.6) is 0 Å². The van der Waals surface area contributed by atoms with Crippen LogP contribution in [0, 0.1) is 5.41 Å². The Morgan fingerprint density at radius 1 is 1.26 bits per heavy atom. The third kappa shape index (κ3) is 4.67. The smallest absolute Gasteiger partial charge is 0.223 e. The van der Waals surface area contributed by atoms with E-state index in [4.69, 9.17) is 5.73 Å². The summed E-state index contributed by atoms with van der Waals surface area (Å²) in [5.41, 5.74) is 7.08. The van der Waals surface area contributed by atoms with Crippen LogP contribution in [0.3, 0.4) is 0 Å². The quantitative estimate of drug-likeness (QED) is 0.866. The van der Waals surface area contributed by atoms with E-state index in [9.17, 15) is 4.79 Å². The number of aromatic nitrogens is 1. The summed E-state index contributed by atoms with van der Waals surface area (Å²) in [5, 5.41) is 0. The van der Waals surface area contributed by atoms with Crippen LogP contribution in [0.25, 0.3) is 0 Å². The van der Waals surface area contributed by atoms with Crippen LogP contribution in [0.1, 0.15) is 57.1 Å². The molecule has 2 saturated carbocycles. The summed E-state index contributed by atoms with van der Waals surface area (Å²) >= 11 is 0. The van der Waals surface area contributed by atoms with Gasteiger partial charge in [0.1, 0.15) is 0 Å². The molecule has 2 fully saturated rings. The molecule has 0 bridgehead atoms. The van der Waals surface area contributed by atoms with Crippen LogP contribution in [0.15, 0.2) is 24.4 Å². The van der Waals surface area contributed by atoms with E-state index < -0.39 is 0 Å². The summed E-state index contributed by atoms with van der Waals surface area (Å²) in [6.45, 7) is 1.28. The minimum Gasteiger partial charge on any atom is -0.334 e. The highest BCUT2D eigenvalue weighted by molar-refractivity contribution is 5.85. The average Bonchev–Trinajstić information content (AvgIpc) is 3.39. The van der Waals surface area contributed by atoms with E-state index in [1.165, 1.54) is 19.3 Å². The van der Waals surface area contributed by atoms with Crippen molar-refractivity contribution in [3.63, 3.8) is 0 Å². The Morgan fingerprint density at radius 2 is 2.00 bits per heavy atom. The van der Waals surface area contributed by atoms with Crippen molar-refractivity contribution in [1.82, 2.24) is 9.88 Å². The molecule has 3 rings (SSSR count). The van der Waals surface area contributed by atoms with Crippen molar-refractivity contribution in [1.29, 1.82) is 0 Å². The Hall–Kier alpha value is -1.13. The van der Waals surface area contributed by atoms with E-state index in [1.807, 2.05) is 23.1 Å². The third-order valence-electron chi connectivity index (χ3n) is 5.24. The minimum atomic E-state index is 0. The Balaban J connectivity index is 0.00000192. The number of hydrogen-bond donors (Lipinski definition) is 1. The van der Waals surface area contributed by atoms with Crippen molar-refractivity contribution in [3.8, 4) is 0 Å². The van der Waals surface area contributed by atoms with Gasteiger partial charge in [0.2, 0.25) is 5.91 Å². The van der Waals surface area contributed by atoms with E-state index >= 15 is 0 Å². The SMILES string of the molecule is Cl.NCC1(CC(=O)N(Cc2ccccn2)C2CC2)CCCCC1. The number of pyridine rings is 1. The number of rotatable bonds is 6. The van der Waals surface area contributed by atoms with Gasteiger partial charge >= 0.3 is 0 Å². The summed E-state index contributed by atoms with van der Waals surface area (Å²) in [7, 11) is 0. The largest absolute Gasteiger partial charge is 0.334 e. The summed E-state index contributed by atoms with van der Waals surface area (Å²) in [6, 6.07) is 6.33. The van der Waals surface area contributed by atoms with Crippen molar-refractivity contribution in [2.24, 2.45) is 11.1 Å². The maximum absolute atomic E-state index is 12.9. The van der Waals surface area contributed by atoms with Crippen LogP contribution in [-0.4, -0.2) is 28.4 Å². The fourth-order valence-electron chi connectivity index (χ4n) is 3.65. The van der Waals surface area contributed by atoms with Gasteiger partial charge in [-0.3, -0.25) is 9.78 Å². The molecule has 0 spiro atoms. The lowest BCUT2D eigenvalue weighted by molar-refractivity contribution is -0.135. The average molecular weight is 338 g/mol. The van der Waals surface area contributed by atoms with Gasteiger partial charge in [0, 0.05) is 18.7 Å². The Kier molecular flexibility index (Phi) is 6.42. The molecule has 1 aromatic rings. The van der Waals surface area contributed by atoms with Gasteiger partial charge in [-0.05, 0) is 49.8 Å². The van der Waals surface area contributed by atoms with E-state index in [0.717, 1.165) is 31.4 Å². The lowest BCUT2D eigenvalue weighted by atomic mass is 9.71. The fraction of sp³-hybridized carbons (Fsp3) is 0.667. The number of hydrogen-bond acceptors (Lipinski definition) is 3. The number of nitrogens with two attached hydrogens (primary N) is 1. The number of nitrogens with zero attached hydrogens (tertiary/aromatic N) is 2. The number of amides is 1. The highest BCUT2D eigenvalue weighted by atomic mass is 35.5. The molecule has 4 nitrogen and oxygen atoms in total. The van der Waals surface area contributed by atoms with E-state index in [-0.39, 0.29) is 23.7 Å². The molecule has 5 heteroatoms. The molecular weight excluding hydrogens is 310 g/mol. The van der Waals surface area contributed by atoms with Gasteiger partial charge in [0.05, 0.1) is 12.2 Å². The summed E-state index contributed by atoms with van der Waals surface area (Å²) in [4.78, 5) is 19.3. The molecule has 23 heavy (non-hydrogen) atoms. The predicted octanol–water partition coefficient (Wildman–Crippen LogP) is 3.29. The second-order valence-electron chi connectivity index (χ2n) is 7.02. The van der Waals surface area contributed by atoms with Crippen LogP contribution in [0.2, 0.25) is 0 Å². The maximum atomic E-state index is 12.9. The Morgan fingerprint density at radius 3 is 2.57 bits per heavy atom. The first-order chi connectivity index (χ1) is 10.7. The third-order valence-corrected chi connectivity index (χ3v) is 5.24. The Labute approximate surface area is 145 Å². The molecule has 1 amide bonds. The van der Waals surface area contributed by atoms with Gasteiger partial charge in [-0.15, -0.1) is 12.4 Å². The van der Waals surface area contributed by atoms with E-state index in [2.05, 4.69) is 4.98 Å². The molecule has 1 heterocycles. The highest BCUT2D eigenvalue weighted by Crippen LogP contribution is 2.40. The van der Waals surface area contributed by atoms with E-state index in [1.54, 1.807) is 6.20 Å². The van der Waals surface area contributed by atoms with Gasteiger partial charge in [-0.1, -0.05) is 25.3 Å². The van der Waals surface area contributed by atoms with Crippen molar-refractivity contribution in [3.05, 3.63) is 30.1 Å². The van der Waals surface area contributed by atoms with Crippen LogP contribution >= 0.6 is 12.4 Å². The second-order valence-corrected chi connectivity index (χ2v) is 7.02. The molecule has 2 aliphatic rings. The van der Waals surface area contributed by atoms with Crippen molar-refractivity contribution in [2.75, 3.05) is 6.54 Å². The van der Waals surface area contributed by atoms with Crippen molar-refractivity contribution >= 4 is 18.3 Å². The highest BCUT2D eigenvalue weighted by Gasteiger charge is 2.38. The standard InChI is InChI=1S/C18H27N3O.ClH/c19-14-18(9-3-1-4-10-18)12-17(22)21(16-7-8-16)13-15-6-2-5-11-20-15;/h2,5-6,11,16H,1,3-4,7-10,12-14,19H2;1H. The first kappa shape index (κ1) is 18.2.